The van der Waals surface area contributed by atoms with E-state index < -0.39 is 11.6 Å². The molecule has 4 heteroatoms. The van der Waals surface area contributed by atoms with Gasteiger partial charge in [0.1, 0.15) is 0 Å². The van der Waals surface area contributed by atoms with Gasteiger partial charge >= 0.3 is 0 Å². The van der Waals surface area contributed by atoms with Crippen LogP contribution in [0.4, 0.5) is 0 Å². The number of aliphatic hydroxyl groups excluding tert-OH is 2. The van der Waals surface area contributed by atoms with Gasteiger partial charge in [0.15, 0.2) is 0 Å². The largest absolute Gasteiger partial charge is 0.394 e. The van der Waals surface area contributed by atoms with E-state index in [9.17, 15) is 9.90 Å². The molecular formula is C10H21NO3. The van der Waals surface area contributed by atoms with Crippen LogP contribution in [-0.4, -0.2) is 45.8 Å². The normalized spacial score (nSPS) is 13.9. The summed E-state index contributed by atoms with van der Waals surface area (Å²) in [4.78, 5) is 13.1. The Hall–Kier alpha value is -0.610. The number of nitrogens with zero attached hydrogens (tertiary/aromatic N) is 1. The molecule has 84 valence electrons. The van der Waals surface area contributed by atoms with Crippen LogP contribution in [0.3, 0.4) is 0 Å². The lowest BCUT2D eigenvalue weighted by Crippen LogP contribution is -2.52. The fraction of sp³-hybridized carbons (Fsp3) is 0.900. The van der Waals surface area contributed by atoms with Crippen LogP contribution >= 0.6 is 0 Å². The molecule has 0 aromatic carbocycles. The minimum Gasteiger partial charge on any atom is -0.394 e. The molecule has 1 unspecified atom stereocenters. The lowest BCUT2D eigenvalue weighted by molar-refractivity contribution is -0.139. The molecule has 2 N–H and O–H groups in total. The maximum atomic E-state index is 11.6. The topological polar surface area (TPSA) is 60.8 Å². The Morgan fingerprint density at radius 3 is 2.29 bits per heavy atom. The lowest BCUT2D eigenvalue weighted by Gasteiger charge is -2.38. The van der Waals surface area contributed by atoms with E-state index in [2.05, 4.69) is 0 Å². The van der Waals surface area contributed by atoms with Crippen LogP contribution < -0.4 is 0 Å². The summed E-state index contributed by atoms with van der Waals surface area (Å²) in [5.41, 5.74) is -0.607. The third-order valence-corrected chi connectivity index (χ3v) is 2.17. The number of aliphatic hydroxyl groups is 2. The first-order chi connectivity index (χ1) is 6.35. The minimum absolute atomic E-state index is 0.0510. The molecule has 0 rings (SSSR count). The zero-order chi connectivity index (χ0) is 11.4. The zero-order valence-electron chi connectivity index (χ0n) is 9.45. The van der Waals surface area contributed by atoms with E-state index in [1.54, 1.807) is 27.7 Å². The van der Waals surface area contributed by atoms with E-state index in [4.69, 9.17) is 5.11 Å². The number of amides is 1. The molecule has 0 aliphatic carbocycles. The van der Waals surface area contributed by atoms with Crippen molar-refractivity contribution in [2.24, 2.45) is 0 Å². The Labute approximate surface area is 85.5 Å². The molecule has 1 atom stereocenters. The summed E-state index contributed by atoms with van der Waals surface area (Å²) in [6.07, 6.45) is -0.188. The highest BCUT2D eigenvalue weighted by molar-refractivity contribution is 5.76. The number of carbonyl (C=O) groups is 1. The zero-order valence-corrected chi connectivity index (χ0v) is 9.45. The third-order valence-electron chi connectivity index (χ3n) is 2.17. The van der Waals surface area contributed by atoms with Gasteiger partial charge in [0.05, 0.1) is 18.2 Å². The van der Waals surface area contributed by atoms with Crippen molar-refractivity contribution in [1.82, 2.24) is 4.90 Å². The van der Waals surface area contributed by atoms with E-state index in [-0.39, 0.29) is 19.1 Å². The standard InChI is InChI=1S/C10H21NO3/c1-5-9(14)11(6-8(2)13)10(3,4)7-12/h8,12-13H,5-7H2,1-4H3. The molecular weight excluding hydrogens is 182 g/mol. The van der Waals surface area contributed by atoms with Crippen LogP contribution in [-0.2, 0) is 4.79 Å². The van der Waals surface area contributed by atoms with Crippen molar-refractivity contribution in [1.29, 1.82) is 0 Å². The quantitative estimate of drug-likeness (QED) is 0.679. The molecule has 0 radical (unpaired) electrons. The van der Waals surface area contributed by atoms with Crippen LogP contribution in [0.15, 0.2) is 0 Å². The van der Waals surface area contributed by atoms with Gasteiger partial charge in [-0.25, -0.2) is 0 Å². The van der Waals surface area contributed by atoms with Crippen molar-refractivity contribution < 1.29 is 15.0 Å². The first-order valence-electron chi connectivity index (χ1n) is 4.94. The monoisotopic (exact) mass is 203 g/mol. The van der Waals surface area contributed by atoms with Crippen LogP contribution in [0.1, 0.15) is 34.1 Å². The van der Waals surface area contributed by atoms with Crippen LogP contribution in [0, 0.1) is 0 Å². The van der Waals surface area contributed by atoms with Gasteiger partial charge in [0.2, 0.25) is 5.91 Å². The van der Waals surface area contributed by atoms with Crippen molar-refractivity contribution in [2.45, 2.75) is 45.8 Å². The number of carbonyl (C=O) groups excluding carboxylic acids is 1. The van der Waals surface area contributed by atoms with E-state index >= 15 is 0 Å². The molecule has 0 fully saturated rings. The van der Waals surface area contributed by atoms with Crippen LogP contribution in [0.2, 0.25) is 0 Å². The fourth-order valence-corrected chi connectivity index (χ4v) is 1.23. The second kappa shape index (κ2) is 5.32. The smallest absolute Gasteiger partial charge is 0.222 e. The Kier molecular flexibility index (Phi) is 5.08. The molecule has 0 saturated heterocycles. The predicted octanol–water partition coefficient (Wildman–Crippen LogP) is 0.377. The first kappa shape index (κ1) is 13.4. The minimum atomic E-state index is -0.607. The SMILES string of the molecule is CCC(=O)N(CC(C)O)C(C)(C)CO. The van der Waals surface area contributed by atoms with Crippen molar-refractivity contribution in [3.05, 3.63) is 0 Å². The molecule has 0 aliphatic heterocycles. The van der Waals surface area contributed by atoms with E-state index in [0.29, 0.717) is 6.42 Å². The summed E-state index contributed by atoms with van der Waals surface area (Å²) in [5.74, 6) is -0.0510. The fourth-order valence-electron chi connectivity index (χ4n) is 1.23. The second-order valence-corrected chi connectivity index (χ2v) is 4.18. The van der Waals surface area contributed by atoms with Gasteiger partial charge in [-0.05, 0) is 20.8 Å². The Morgan fingerprint density at radius 2 is 2.00 bits per heavy atom. The molecule has 0 aromatic heterocycles. The summed E-state index contributed by atoms with van der Waals surface area (Å²) in [7, 11) is 0. The van der Waals surface area contributed by atoms with Gasteiger partial charge in [-0.2, -0.15) is 0 Å². The van der Waals surface area contributed by atoms with E-state index in [0.717, 1.165) is 0 Å². The molecule has 0 bridgehead atoms. The Balaban J connectivity index is 4.63. The van der Waals surface area contributed by atoms with Crippen LogP contribution in [0.5, 0.6) is 0 Å². The van der Waals surface area contributed by atoms with Crippen molar-refractivity contribution in [3.8, 4) is 0 Å². The average Bonchev–Trinajstić information content (AvgIpc) is 2.12. The summed E-state index contributed by atoms with van der Waals surface area (Å²) in [5, 5.41) is 18.4. The van der Waals surface area contributed by atoms with Crippen molar-refractivity contribution >= 4 is 5.91 Å². The van der Waals surface area contributed by atoms with Crippen LogP contribution in [0.25, 0.3) is 0 Å². The molecule has 0 spiro atoms. The summed E-state index contributed by atoms with van der Waals surface area (Å²) < 4.78 is 0. The van der Waals surface area contributed by atoms with Gasteiger partial charge in [-0.15, -0.1) is 0 Å². The Bertz CT molecular complexity index is 190. The maximum absolute atomic E-state index is 11.6. The highest BCUT2D eigenvalue weighted by Crippen LogP contribution is 2.15. The predicted molar refractivity (Wildman–Crippen MR) is 54.8 cm³/mol. The summed E-state index contributed by atoms with van der Waals surface area (Å²) in [6.45, 7) is 7.12. The van der Waals surface area contributed by atoms with E-state index in [1.165, 1.54) is 4.90 Å². The maximum Gasteiger partial charge on any atom is 0.222 e. The van der Waals surface area contributed by atoms with Crippen molar-refractivity contribution in [2.75, 3.05) is 13.2 Å². The molecule has 14 heavy (non-hydrogen) atoms. The number of rotatable bonds is 5. The van der Waals surface area contributed by atoms with Gasteiger partial charge in [-0.1, -0.05) is 6.92 Å². The molecule has 0 heterocycles. The van der Waals surface area contributed by atoms with Gasteiger partial charge in [-0.3, -0.25) is 4.79 Å². The van der Waals surface area contributed by atoms with Gasteiger partial charge in [0.25, 0.3) is 0 Å². The van der Waals surface area contributed by atoms with Gasteiger partial charge < -0.3 is 15.1 Å². The molecule has 4 nitrogen and oxygen atoms in total. The second-order valence-electron chi connectivity index (χ2n) is 4.18. The third kappa shape index (κ3) is 3.64. The lowest BCUT2D eigenvalue weighted by atomic mass is 10.0. The number of hydrogen-bond acceptors (Lipinski definition) is 3. The van der Waals surface area contributed by atoms with E-state index in [1.807, 2.05) is 0 Å². The summed E-state index contributed by atoms with van der Waals surface area (Å²) in [6, 6.07) is 0. The molecule has 0 aliphatic rings. The van der Waals surface area contributed by atoms with Gasteiger partial charge in [0, 0.05) is 13.0 Å². The molecule has 0 saturated carbocycles. The average molecular weight is 203 g/mol. The number of hydrogen-bond donors (Lipinski definition) is 2. The molecule has 0 aromatic rings. The first-order valence-corrected chi connectivity index (χ1v) is 4.94. The molecule has 1 amide bonds. The highest BCUT2D eigenvalue weighted by atomic mass is 16.3. The highest BCUT2D eigenvalue weighted by Gasteiger charge is 2.29. The van der Waals surface area contributed by atoms with Crippen molar-refractivity contribution in [3.63, 3.8) is 0 Å². The number of β-amino-alcohol motifs (C(OH)–C–C–N with tert-alkyl or cyclic N) is 1. The Morgan fingerprint density at radius 1 is 1.50 bits per heavy atom. The summed E-state index contributed by atoms with van der Waals surface area (Å²) >= 11 is 0.